The fourth-order valence-electron chi connectivity index (χ4n) is 5.42. The van der Waals surface area contributed by atoms with Crippen LogP contribution < -0.4 is 11.3 Å². The molecule has 4 aromatic carbocycles. The van der Waals surface area contributed by atoms with Gasteiger partial charge in [-0.1, -0.05) is 86.1 Å². The van der Waals surface area contributed by atoms with Crippen molar-refractivity contribution in [3.05, 3.63) is 122 Å². The number of hydrogen-bond acceptors (Lipinski definition) is 4. The zero-order valence-electron chi connectivity index (χ0n) is 23.7. The van der Waals surface area contributed by atoms with E-state index < -0.39 is 6.04 Å². The highest BCUT2D eigenvalue weighted by molar-refractivity contribution is 9.10. The van der Waals surface area contributed by atoms with Crippen LogP contribution in [-0.4, -0.2) is 33.4 Å². The Balaban J connectivity index is 1.78. The van der Waals surface area contributed by atoms with Crippen LogP contribution in [0.2, 0.25) is 0 Å². The lowest BCUT2D eigenvalue weighted by molar-refractivity contribution is 0.0602. The fraction of sp³-hybridized carbons (Fsp3) is 0.265. The van der Waals surface area contributed by atoms with E-state index in [9.17, 15) is 9.59 Å². The third kappa shape index (κ3) is 5.83. The molecule has 0 bridgehead atoms. The zero-order chi connectivity index (χ0) is 29.1. The second-order valence-electron chi connectivity index (χ2n) is 10.9. The number of aromatic nitrogens is 2. The molecule has 0 radical (unpaired) electrons. The highest BCUT2D eigenvalue weighted by Gasteiger charge is 2.33. The van der Waals surface area contributed by atoms with Gasteiger partial charge in [0, 0.05) is 12.1 Å². The van der Waals surface area contributed by atoms with Crippen LogP contribution in [0.3, 0.4) is 0 Å². The number of nitrogens with two attached hydrogens (primary N) is 1. The molecule has 1 atom stereocenters. The molecule has 41 heavy (non-hydrogen) atoms. The topological polar surface area (TPSA) is 81.2 Å². The molecule has 0 aliphatic carbocycles. The molecule has 0 fully saturated rings. The second kappa shape index (κ2) is 12.4. The van der Waals surface area contributed by atoms with Crippen LogP contribution in [0.1, 0.15) is 53.6 Å². The van der Waals surface area contributed by atoms with E-state index in [1.807, 2.05) is 96.8 Å². The van der Waals surface area contributed by atoms with Gasteiger partial charge in [0.2, 0.25) is 0 Å². The van der Waals surface area contributed by atoms with Gasteiger partial charge in [-0.3, -0.25) is 14.2 Å². The van der Waals surface area contributed by atoms with Crippen molar-refractivity contribution in [2.75, 3.05) is 13.1 Å². The first-order chi connectivity index (χ1) is 19.8. The summed E-state index contributed by atoms with van der Waals surface area (Å²) in [7, 11) is 0. The number of fused-ring (bicyclic) bond motifs is 2. The van der Waals surface area contributed by atoms with E-state index in [1.165, 1.54) is 0 Å². The van der Waals surface area contributed by atoms with Gasteiger partial charge in [-0.25, -0.2) is 4.98 Å². The first-order valence-electron chi connectivity index (χ1n) is 14.0. The number of amides is 1. The number of benzene rings is 4. The van der Waals surface area contributed by atoms with Crippen LogP contribution in [0.25, 0.3) is 21.7 Å². The summed E-state index contributed by atoms with van der Waals surface area (Å²) in [6.45, 7) is 7.38. The Bertz CT molecular complexity index is 1750. The Morgan fingerprint density at radius 1 is 0.976 bits per heavy atom. The van der Waals surface area contributed by atoms with Crippen molar-refractivity contribution in [1.82, 2.24) is 14.5 Å². The molecule has 2 N–H and O–H groups in total. The lowest BCUT2D eigenvalue weighted by Gasteiger charge is -2.35. The molecule has 0 saturated carbocycles. The highest BCUT2D eigenvalue weighted by Crippen LogP contribution is 2.34. The van der Waals surface area contributed by atoms with E-state index >= 15 is 0 Å². The van der Waals surface area contributed by atoms with E-state index in [2.05, 4.69) is 29.8 Å². The zero-order valence-corrected chi connectivity index (χ0v) is 25.3. The normalized spacial score (nSPS) is 12.2. The highest BCUT2D eigenvalue weighted by atomic mass is 79.9. The van der Waals surface area contributed by atoms with E-state index in [4.69, 9.17) is 10.7 Å². The number of hydrogen-bond donors (Lipinski definition) is 1. The molecule has 1 heterocycles. The summed E-state index contributed by atoms with van der Waals surface area (Å²) in [6.07, 6.45) is 0.631. The number of carbonyl (C=O) groups is 1. The Hall–Kier alpha value is -3.81. The summed E-state index contributed by atoms with van der Waals surface area (Å²) >= 11 is 3.77. The van der Waals surface area contributed by atoms with Gasteiger partial charge in [-0.2, -0.15) is 0 Å². The monoisotopic (exact) mass is 610 g/mol. The average Bonchev–Trinajstić information content (AvgIpc) is 2.98. The van der Waals surface area contributed by atoms with Gasteiger partial charge in [-0.15, -0.1) is 0 Å². The molecule has 0 saturated heterocycles. The van der Waals surface area contributed by atoms with E-state index in [0.717, 1.165) is 26.4 Å². The number of aryl methyl sites for hydroxylation is 1. The van der Waals surface area contributed by atoms with Gasteiger partial charge >= 0.3 is 0 Å². The summed E-state index contributed by atoms with van der Waals surface area (Å²) in [6, 6.07) is 26.9. The summed E-state index contributed by atoms with van der Waals surface area (Å²) in [5.41, 5.74) is 9.07. The van der Waals surface area contributed by atoms with Crippen LogP contribution in [0.4, 0.5) is 0 Å². The smallest absolute Gasteiger partial charge is 0.261 e. The van der Waals surface area contributed by atoms with E-state index in [1.54, 1.807) is 4.57 Å². The molecular formula is C34H35BrN4O2. The van der Waals surface area contributed by atoms with Crippen molar-refractivity contribution < 1.29 is 4.79 Å². The van der Waals surface area contributed by atoms with Crippen LogP contribution in [0.15, 0.2) is 94.2 Å². The first-order valence-corrected chi connectivity index (χ1v) is 14.8. The Morgan fingerprint density at radius 2 is 1.66 bits per heavy atom. The van der Waals surface area contributed by atoms with Gasteiger partial charge in [0.05, 0.1) is 28.0 Å². The quantitative estimate of drug-likeness (QED) is 0.185. The lowest BCUT2D eigenvalue weighted by Crippen LogP contribution is -2.42. The molecule has 7 heteroatoms. The van der Waals surface area contributed by atoms with Crippen molar-refractivity contribution in [2.45, 2.75) is 39.8 Å². The molecular weight excluding hydrogens is 576 g/mol. The summed E-state index contributed by atoms with van der Waals surface area (Å²) in [5, 5.41) is 2.48. The molecule has 6 nitrogen and oxygen atoms in total. The number of carbonyl (C=O) groups excluding carboxylic acids is 1. The van der Waals surface area contributed by atoms with Gasteiger partial charge in [0.25, 0.3) is 11.5 Å². The Kier molecular flexibility index (Phi) is 8.66. The minimum Gasteiger partial charge on any atom is -0.330 e. The van der Waals surface area contributed by atoms with Crippen molar-refractivity contribution in [3.63, 3.8) is 0 Å². The summed E-state index contributed by atoms with van der Waals surface area (Å²) in [5.74, 6) is 0.429. The molecule has 5 rings (SSSR count). The fourth-order valence-corrected chi connectivity index (χ4v) is 6.08. The SMILES string of the molecule is Cc1ccc(C(=O)N(CCCN)C(c2nc3c(Br)c4ccccc4cc3c(=O)n2Cc2ccccc2)C(C)C)cc1. The predicted molar refractivity (Wildman–Crippen MR) is 170 cm³/mol. The van der Waals surface area contributed by atoms with Crippen molar-refractivity contribution in [3.8, 4) is 0 Å². The predicted octanol–water partition coefficient (Wildman–Crippen LogP) is 6.86. The van der Waals surface area contributed by atoms with Crippen molar-refractivity contribution >= 4 is 43.5 Å². The third-order valence-electron chi connectivity index (χ3n) is 7.52. The largest absolute Gasteiger partial charge is 0.330 e. The maximum Gasteiger partial charge on any atom is 0.261 e. The standard InChI is InChI=1S/C34H35BrN4O2/c1-22(2)31(38(19-9-18-36)33(40)25-16-14-23(3)15-17-25)32-37-30-28(20-26-12-7-8-13-27(26)29(30)35)34(41)39(32)21-24-10-5-4-6-11-24/h4-8,10-17,20,22,31H,9,18-19,21,36H2,1-3H3. The van der Waals surface area contributed by atoms with Gasteiger partial charge in [0.15, 0.2) is 0 Å². The van der Waals surface area contributed by atoms with Gasteiger partial charge in [-0.05, 0) is 76.3 Å². The van der Waals surface area contributed by atoms with Crippen LogP contribution >= 0.6 is 15.9 Å². The molecule has 0 aliphatic heterocycles. The second-order valence-corrected chi connectivity index (χ2v) is 11.6. The third-order valence-corrected chi connectivity index (χ3v) is 8.32. The molecule has 1 aromatic heterocycles. The minimum atomic E-state index is -0.463. The number of halogens is 1. The first kappa shape index (κ1) is 28.7. The average molecular weight is 612 g/mol. The maximum atomic E-state index is 14.4. The van der Waals surface area contributed by atoms with Crippen LogP contribution in [0, 0.1) is 12.8 Å². The van der Waals surface area contributed by atoms with Gasteiger partial charge in [0.1, 0.15) is 5.82 Å². The van der Waals surface area contributed by atoms with E-state index in [0.29, 0.717) is 48.3 Å². The van der Waals surface area contributed by atoms with Gasteiger partial charge < -0.3 is 10.6 Å². The Labute approximate surface area is 248 Å². The summed E-state index contributed by atoms with van der Waals surface area (Å²) in [4.78, 5) is 35.5. The maximum absolute atomic E-state index is 14.4. The van der Waals surface area contributed by atoms with Crippen LogP contribution in [-0.2, 0) is 6.54 Å². The van der Waals surface area contributed by atoms with Crippen molar-refractivity contribution in [2.24, 2.45) is 11.7 Å². The van der Waals surface area contributed by atoms with Crippen molar-refractivity contribution in [1.29, 1.82) is 0 Å². The molecule has 0 spiro atoms. The molecule has 0 aliphatic rings. The number of nitrogens with zero attached hydrogens (tertiary/aromatic N) is 3. The molecule has 1 unspecified atom stereocenters. The van der Waals surface area contributed by atoms with Crippen LogP contribution in [0.5, 0.6) is 0 Å². The molecule has 1 amide bonds. The Morgan fingerprint density at radius 3 is 2.34 bits per heavy atom. The molecule has 210 valence electrons. The minimum absolute atomic E-state index is 0.0345. The lowest BCUT2D eigenvalue weighted by atomic mass is 9.98. The summed E-state index contributed by atoms with van der Waals surface area (Å²) < 4.78 is 2.53. The van der Waals surface area contributed by atoms with E-state index in [-0.39, 0.29) is 17.4 Å². The molecule has 5 aromatic rings. The number of rotatable bonds is 9.